The van der Waals surface area contributed by atoms with Gasteiger partial charge in [0.15, 0.2) is 0 Å². The lowest BCUT2D eigenvalue weighted by atomic mass is 10.1. The van der Waals surface area contributed by atoms with Gasteiger partial charge in [-0.25, -0.2) is 9.37 Å². The standard InChI is InChI=1S/C19H20FN3O2/c20-18-10-14(11-21)4-5-15(18)12-25-19-3-1-2-16(23-19)13-24-17-6-8-22-9-7-17/h1-5,10,17,22H,6-9,12-13H2. The number of hydrogen-bond acceptors (Lipinski definition) is 5. The smallest absolute Gasteiger partial charge is 0.213 e. The second-order valence-electron chi connectivity index (χ2n) is 5.93. The topological polar surface area (TPSA) is 67.2 Å². The van der Waals surface area contributed by atoms with Crippen molar-refractivity contribution in [3.05, 3.63) is 59.0 Å². The highest BCUT2D eigenvalue weighted by Gasteiger charge is 2.13. The van der Waals surface area contributed by atoms with Gasteiger partial charge in [0.2, 0.25) is 5.88 Å². The summed E-state index contributed by atoms with van der Waals surface area (Å²) in [6, 6.07) is 11.7. The molecule has 1 aromatic heterocycles. The first-order chi connectivity index (χ1) is 12.2. The lowest BCUT2D eigenvalue weighted by Crippen LogP contribution is -2.32. The zero-order valence-corrected chi connectivity index (χ0v) is 13.9. The van der Waals surface area contributed by atoms with Gasteiger partial charge in [0.25, 0.3) is 0 Å². The molecule has 130 valence electrons. The van der Waals surface area contributed by atoms with Crippen LogP contribution in [0.1, 0.15) is 29.7 Å². The minimum Gasteiger partial charge on any atom is -0.473 e. The first kappa shape index (κ1) is 17.3. The van der Waals surface area contributed by atoms with Crippen molar-refractivity contribution < 1.29 is 13.9 Å². The molecule has 0 atom stereocenters. The number of nitrogens with zero attached hydrogens (tertiary/aromatic N) is 2. The maximum absolute atomic E-state index is 13.9. The first-order valence-electron chi connectivity index (χ1n) is 8.34. The molecule has 0 bridgehead atoms. The van der Waals surface area contributed by atoms with Gasteiger partial charge in [0.1, 0.15) is 12.4 Å². The van der Waals surface area contributed by atoms with E-state index in [0.29, 0.717) is 18.1 Å². The normalized spacial score (nSPS) is 14.9. The van der Waals surface area contributed by atoms with Crippen molar-refractivity contribution in [2.45, 2.75) is 32.2 Å². The largest absolute Gasteiger partial charge is 0.473 e. The summed E-state index contributed by atoms with van der Waals surface area (Å²) in [5.74, 6) is -0.0281. The highest BCUT2D eigenvalue weighted by molar-refractivity contribution is 5.32. The molecular weight excluding hydrogens is 321 g/mol. The van der Waals surface area contributed by atoms with E-state index in [2.05, 4.69) is 10.3 Å². The Morgan fingerprint density at radius 1 is 1.20 bits per heavy atom. The van der Waals surface area contributed by atoms with E-state index < -0.39 is 5.82 Å². The number of rotatable bonds is 6. The Balaban J connectivity index is 1.55. The van der Waals surface area contributed by atoms with Crippen LogP contribution in [0.3, 0.4) is 0 Å². The van der Waals surface area contributed by atoms with Crippen molar-refractivity contribution in [1.82, 2.24) is 10.3 Å². The van der Waals surface area contributed by atoms with E-state index >= 15 is 0 Å². The van der Waals surface area contributed by atoms with Crippen LogP contribution in [0.2, 0.25) is 0 Å². The van der Waals surface area contributed by atoms with Crippen molar-refractivity contribution in [3.8, 4) is 11.9 Å². The van der Waals surface area contributed by atoms with E-state index in [4.69, 9.17) is 14.7 Å². The number of ether oxygens (including phenoxy) is 2. The number of benzene rings is 1. The van der Waals surface area contributed by atoms with Gasteiger partial charge in [0.05, 0.1) is 30.0 Å². The number of nitrogens with one attached hydrogen (secondary N) is 1. The molecule has 1 fully saturated rings. The number of aromatic nitrogens is 1. The Bertz CT molecular complexity index is 755. The summed E-state index contributed by atoms with van der Waals surface area (Å²) >= 11 is 0. The zero-order valence-electron chi connectivity index (χ0n) is 13.9. The van der Waals surface area contributed by atoms with Crippen LogP contribution in [-0.4, -0.2) is 24.2 Å². The summed E-state index contributed by atoms with van der Waals surface area (Å²) in [7, 11) is 0. The van der Waals surface area contributed by atoms with Gasteiger partial charge >= 0.3 is 0 Å². The second kappa shape index (κ2) is 8.56. The lowest BCUT2D eigenvalue weighted by Gasteiger charge is -2.22. The molecule has 1 N–H and O–H groups in total. The van der Waals surface area contributed by atoms with E-state index in [1.165, 1.54) is 6.07 Å². The molecule has 1 aromatic carbocycles. The predicted octanol–water partition coefficient (Wildman–Crippen LogP) is 2.94. The summed E-state index contributed by atoms with van der Waals surface area (Å²) in [4.78, 5) is 4.40. The Morgan fingerprint density at radius 2 is 2.04 bits per heavy atom. The molecule has 0 spiro atoms. The maximum atomic E-state index is 13.9. The number of nitriles is 1. The van der Waals surface area contributed by atoms with Crippen LogP contribution in [-0.2, 0) is 18.0 Å². The molecule has 6 heteroatoms. The summed E-state index contributed by atoms with van der Waals surface area (Å²) in [6.07, 6.45) is 2.28. The Morgan fingerprint density at radius 3 is 2.80 bits per heavy atom. The summed E-state index contributed by atoms with van der Waals surface area (Å²) in [6.45, 7) is 2.46. The third-order valence-corrected chi connectivity index (χ3v) is 4.09. The Hall–Kier alpha value is -2.49. The van der Waals surface area contributed by atoms with E-state index in [-0.39, 0.29) is 18.3 Å². The van der Waals surface area contributed by atoms with E-state index in [9.17, 15) is 4.39 Å². The molecular formula is C19H20FN3O2. The Kier molecular flexibility index (Phi) is 5.94. The predicted molar refractivity (Wildman–Crippen MR) is 90.4 cm³/mol. The number of pyridine rings is 1. The molecule has 1 aliphatic rings. The number of halogens is 1. The van der Waals surface area contributed by atoms with Crippen molar-refractivity contribution in [2.75, 3.05) is 13.1 Å². The van der Waals surface area contributed by atoms with Gasteiger partial charge in [0, 0.05) is 11.6 Å². The summed E-state index contributed by atoms with van der Waals surface area (Å²) < 4.78 is 25.3. The Labute approximate surface area is 146 Å². The van der Waals surface area contributed by atoms with Gasteiger partial charge in [-0.15, -0.1) is 0 Å². The summed E-state index contributed by atoms with van der Waals surface area (Å²) in [5, 5.41) is 12.1. The van der Waals surface area contributed by atoms with Gasteiger partial charge in [-0.3, -0.25) is 0 Å². The minimum atomic E-state index is -0.454. The third kappa shape index (κ3) is 4.99. The van der Waals surface area contributed by atoms with Crippen LogP contribution in [0.5, 0.6) is 5.88 Å². The third-order valence-electron chi connectivity index (χ3n) is 4.09. The van der Waals surface area contributed by atoms with Crippen LogP contribution in [0.15, 0.2) is 36.4 Å². The summed E-state index contributed by atoms with van der Waals surface area (Å²) in [5.41, 5.74) is 1.46. The van der Waals surface area contributed by atoms with Gasteiger partial charge in [-0.05, 0) is 44.1 Å². The molecule has 0 radical (unpaired) electrons. The van der Waals surface area contributed by atoms with Crippen LogP contribution in [0, 0.1) is 17.1 Å². The quantitative estimate of drug-likeness (QED) is 0.875. The molecule has 1 aliphatic heterocycles. The zero-order chi connectivity index (χ0) is 17.5. The molecule has 0 saturated carbocycles. The molecule has 0 unspecified atom stereocenters. The van der Waals surface area contributed by atoms with E-state index in [1.807, 2.05) is 18.2 Å². The molecule has 0 aliphatic carbocycles. The number of hydrogen-bond donors (Lipinski definition) is 1. The fourth-order valence-electron chi connectivity index (χ4n) is 2.67. The molecule has 2 aromatic rings. The molecule has 1 saturated heterocycles. The average molecular weight is 341 g/mol. The van der Waals surface area contributed by atoms with Gasteiger partial charge in [-0.2, -0.15) is 5.26 Å². The van der Waals surface area contributed by atoms with Crippen molar-refractivity contribution >= 4 is 0 Å². The van der Waals surface area contributed by atoms with Gasteiger partial charge < -0.3 is 14.8 Å². The molecule has 5 nitrogen and oxygen atoms in total. The van der Waals surface area contributed by atoms with E-state index in [1.54, 1.807) is 18.2 Å². The van der Waals surface area contributed by atoms with Crippen molar-refractivity contribution in [3.63, 3.8) is 0 Å². The van der Waals surface area contributed by atoms with Crippen LogP contribution in [0.25, 0.3) is 0 Å². The van der Waals surface area contributed by atoms with Crippen molar-refractivity contribution in [1.29, 1.82) is 5.26 Å². The molecule has 3 rings (SSSR count). The maximum Gasteiger partial charge on any atom is 0.213 e. The lowest BCUT2D eigenvalue weighted by molar-refractivity contribution is 0.0193. The fourth-order valence-corrected chi connectivity index (χ4v) is 2.67. The highest BCUT2D eigenvalue weighted by atomic mass is 19.1. The highest BCUT2D eigenvalue weighted by Crippen LogP contribution is 2.16. The second-order valence-corrected chi connectivity index (χ2v) is 5.93. The monoisotopic (exact) mass is 341 g/mol. The van der Waals surface area contributed by atoms with Crippen molar-refractivity contribution in [2.24, 2.45) is 0 Å². The SMILES string of the molecule is N#Cc1ccc(COc2cccc(COC3CCNCC3)n2)c(F)c1. The number of piperidine rings is 1. The molecule has 25 heavy (non-hydrogen) atoms. The molecule has 2 heterocycles. The van der Waals surface area contributed by atoms with Crippen LogP contribution in [0.4, 0.5) is 4.39 Å². The minimum absolute atomic E-state index is 0.0587. The van der Waals surface area contributed by atoms with E-state index in [0.717, 1.165) is 31.6 Å². The van der Waals surface area contributed by atoms with Gasteiger partial charge in [-0.1, -0.05) is 12.1 Å². The van der Waals surface area contributed by atoms with Crippen LogP contribution >= 0.6 is 0 Å². The fraction of sp³-hybridized carbons (Fsp3) is 0.368. The first-order valence-corrected chi connectivity index (χ1v) is 8.34. The molecule has 0 amide bonds. The average Bonchev–Trinajstić information content (AvgIpc) is 2.66. The van der Waals surface area contributed by atoms with Crippen LogP contribution < -0.4 is 10.1 Å².